The van der Waals surface area contributed by atoms with Crippen molar-refractivity contribution in [1.29, 1.82) is 0 Å². The van der Waals surface area contributed by atoms with Crippen molar-refractivity contribution in [3.8, 4) is 0 Å². The van der Waals surface area contributed by atoms with Crippen LogP contribution in [0.25, 0.3) is 0 Å². The molecule has 0 bridgehead atoms. The maximum absolute atomic E-state index is 13.3. The molecular weight excluding hydrogens is 288 g/mol. The molecule has 1 rings (SSSR count). The van der Waals surface area contributed by atoms with Crippen LogP contribution < -0.4 is 5.32 Å². The number of carbonyl (C=O) groups excluding carboxylic acids is 2. The summed E-state index contributed by atoms with van der Waals surface area (Å²) >= 11 is 0.963. The average Bonchev–Trinajstić information content (AvgIpc) is 2.38. The van der Waals surface area contributed by atoms with Gasteiger partial charge >= 0.3 is 5.97 Å². The highest BCUT2D eigenvalue weighted by atomic mass is 32.2. The van der Waals surface area contributed by atoms with Crippen LogP contribution in [0.4, 0.5) is 8.78 Å². The highest BCUT2D eigenvalue weighted by Crippen LogP contribution is 2.21. The lowest BCUT2D eigenvalue weighted by Gasteiger charge is -2.05. The van der Waals surface area contributed by atoms with E-state index >= 15 is 0 Å². The average molecular weight is 303 g/mol. The van der Waals surface area contributed by atoms with Gasteiger partial charge in [-0.1, -0.05) is 0 Å². The SMILES string of the molecule is CCOC(=O)CCNC(=O)CSc1ccc(F)cc1F. The summed E-state index contributed by atoms with van der Waals surface area (Å²) in [4.78, 5) is 22.7. The highest BCUT2D eigenvalue weighted by Gasteiger charge is 2.08. The van der Waals surface area contributed by atoms with E-state index < -0.39 is 11.6 Å². The van der Waals surface area contributed by atoms with Gasteiger partial charge in [-0.25, -0.2) is 8.78 Å². The number of halogens is 2. The predicted molar refractivity (Wildman–Crippen MR) is 71.3 cm³/mol. The molecular formula is C13H15F2NO3S. The summed E-state index contributed by atoms with van der Waals surface area (Å²) in [6.07, 6.45) is 0.0924. The molecule has 0 atom stereocenters. The molecule has 4 nitrogen and oxygen atoms in total. The number of carbonyl (C=O) groups is 2. The highest BCUT2D eigenvalue weighted by molar-refractivity contribution is 8.00. The Kier molecular flexibility index (Phi) is 7.00. The van der Waals surface area contributed by atoms with Crippen LogP contribution in [-0.4, -0.2) is 30.8 Å². The summed E-state index contributed by atoms with van der Waals surface area (Å²) < 4.78 is 30.7. The monoisotopic (exact) mass is 303 g/mol. The molecule has 0 unspecified atom stereocenters. The molecule has 0 aromatic heterocycles. The van der Waals surface area contributed by atoms with E-state index in [1.807, 2.05) is 0 Å². The maximum atomic E-state index is 13.3. The Morgan fingerprint density at radius 2 is 2.10 bits per heavy atom. The van der Waals surface area contributed by atoms with Crippen LogP contribution in [0.1, 0.15) is 13.3 Å². The van der Waals surface area contributed by atoms with Crippen molar-refractivity contribution in [3.05, 3.63) is 29.8 Å². The van der Waals surface area contributed by atoms with Crippen LogP contribution in [0.3, 0.4) is 0 Å². The van der Waals surface area contributed by atoms with Crippen LogP contribution in [0.15, 0.2) is 23.1 Å². The molecule has 1 N–H and O–H groups in total. The van der Waals surface area contributed by atoms with Crippen molar-refractivity contribution in [2.75, 3.05) is 18.9 Å². The molecule has 0 heterocycles. The first-order chi connectivity index (χ1) is 9.52. The first kappa shape index (κ1) is 16.4. The number of nitrogens with one attached hydrogen (secondary N) is 1. The molecule has 1 aromatic rings. The third-order valence-corrected chi connectivity index (χ3v) is 3.26. The Morgan fingerprint density at radius 1 is 1.35 bits per heavy atom. The van der Waals surface area contributed by atoms with Gasteiger partial charge in [-0.05, 0) is 19.1 Å². The third-order valence-electron chi connectivity index (χ3n) is 2.21. The summed E-state index contributed by atoms with van der Waals surface area (Å²) in [6.45, 7) is 2.17. The van der Waals surface area contributed by atoms with E-state index in [2.05, 4.69) is 5.32 Å². The van der Waals surface area contributed by atoms with Gasteiger partial charge in [-0.3, -0.25) is 9.59 Å². The molecule has 0 saturated carbocycles. The van der Waals surface area contributed by atoms with Gasteiger partial charge in [0.25, 0.3) is 0 Å². The van der Waals surface area contributed by atoms with E-state index in [4.69, 9.17) is 4.74 Å². The molecule has 0 radical (unpaired) electrons. The molecule has 0 fully saturated rings. The summed E-state index contributed by atoms with van der Waals surface area (Å²) in [5, 5.41) is 2.52. The van der Waals surface area contributed by atoms with Gasteiger partial charge in [0.15, 0.2) is 0 Å². The van der Waals surface area contributed by atoms with Crippen molar-refractivity contribution in [1.82, 2.24) is 5.32 Å². The Bertz CT molecular complexity index is 483. The number of hydrogen-bond donors (Lipinski definition) is 1. The van der Waals surface area contributed by atoms with E-state index in [-0.39, 0.29) is 35.5 Å². The summed E-state index contributed by atoms with van der Waals surface area (Å²) in [7, 11) is 0. The lowest BCUT2D eigenvalue weighted by Crippen LogP contribution is -2.28. The second-order valence-electron chi connectivity index (χ2n) is 3.77. The lowest BCUT2D eigenvalue weighted by atomic mass is 10.3. The van der Waals surface area contributed by atoms with Gasteiger partial charge in [0.2, 0.25) is 5.91 Å². The predicted octanol–water partition coefficient (Wildman–Crippen LogP) is 2.13. The van der Waals surface area contributed by atoms with Crippen molar-refractivity contribution in [3.63, 3.8) is 0 Å². The van der Waals surface area contributed by atoms with Crippen molar-refractivity contribution in [2.45, 2.75) is 18.2 Å². The molecule has 110 valence electrons. The van der Waals surface area contributed by atoms with Gasteiger partial charge in [-0.2, -0.15) is 0 Å². The van der Waals surface area contributed by atoms with Crippen LogP contribution in [0.2, 0.25) is 0 Å². The molecule has 7 heteroatoms. The fourth-order valence-corrected chi connectivity index (χ4v) is 2.07. The fraction of sp³-hybridized carbons (Fsp3) is 0.385. The minimum Gasteiger partial charge on any atom is -0.466 e. The van der Waals surface area contributed by atoms with Gasteiger partial charge in [0.05, 0.1) is 18.8 Å². The largest absolute Gasteiger partial charge is 0.466 e. The van der Waals surface area contributed by atoms with E-state index in [1.165, 1.54) is 6.07 Å². The summed E-state index contributed by atoms with van der Waals surface area (Å²) in [5.74, 6) is -2.08. The zero-order valence-corrected chi connectivity index (χ0v) is 11.8. The molecule has 20 heavy (non-hydrogen) atoms. The van der Waals surface area contributed by atoms with E-state index in [9.17, 15) is 18.4 Å². The van der Waals surface area contributed by atoms with Crippen LogP contribution in [0.5, 0.6) is 0 Å². The molecule has 0 saturated heterocycles. The molecule has 0 aliphatic heterocycles. The number of benzene rings is 1. The zero-order valence-electron chi connectivity index (χ0n) is 10.9. The van der Waals surface area contributed by atoms with Crippen LogP contribution in [0, 0.1) is 11.6 Å². The normalized spacial score (nSPS) is 10.2. The van der Waals surface area contributed by atoms with E-state index in [0.29, 0.717) is 6.61 Å². The van der Waals surface area contributed by atoms with E-state index in [1.54, 1.807) is 6.92 Å². The number of hydrogen-bond acceptors (Lipinski definition) is 4. The van der Waals surface area contributed by atoms with Crippen molar-refractivity contribution in [2.24, 2.45) is 0 Å². The van der Waals surface area contributed by atoms with Gasteiger partial charge in [0, 0.05) is 17.5 Å². The number of rotatable bonds is 7. The Labute approximate surface area is 119 Å². The number of ether oxygens (including phenoxy) is 1. The van der Waals surface area contributed by atoms with Crippen LogP contribution in [-0.2, 0) is 14.3 Å². The topological polar surface area (TPSA) is 55.4 Å². The smallest absolute Gasteiger partial charge is 0.307 e. The first-order valence-corrected chi connectivity index (χ1v) is 7.01. The molecule has 1 amide bonds. The Balaban J connectivity index is 2.28. The lowest BCUT2D eigenvalue weighted by molar-refractivity contribution is -0.142. The second-order valence-corrected chi connectivity index (χ2v) is 4.79. The van der Waals surface area contributed by atoms with Gasteiger partial charge in [-0.15, -0.1) is 11.8 Å². The Hall–Kier alpha value is -1.63. The second kappa shape index (κ2) is 8.52. The molecule has 0 aliphatic carbocycles. The first-order valence-electron chi connectivity index (χ1n) is 6.03. The van der Waals surface area contributed by atoms with E-state index in [0.717, 1.165) is 23.9 Å². The minimum atomic E-state index is -0.700. The van der Waals surface area contributed by atoms with Crippen molar-refractivity contribution >= 4 is 23.6 Å². The van der Waals surface area contributed by atoms with Gasteiger partial charge < -0.3 is 10.1 Å². The maximum Gasteiger partial charge on any atom is 0.307 e. The van der Waals surface area contributed by atoms with Gasteiger partial charge in [0.1, 0.15) is 11.6 Å². The number of amides is 1. The quantitative estimate of drug-likeness (QED) is 0.619. The minimum absolute atomic E-state index is 0.00855. The molecule has 0 spiro atoms. The molecule has 1 aromatic carbocycles. The third kappa shape index (κ3) is 6.01. The fourth-order valence-electron chi connectivity index (χ4n) is 1.32. The number of thioether (sulfide) groups is 1. The molecule has 0 aliphatic rings. The standard InChI is InChI=1S/C13H15F2NO3S/c1-2-19-13(18)5-6-16-12(17)8-20-11-4-3-9(14)7-10(11)15/h3-4,7H,2,5-6,8H2,1H3,(H,16,17). The summed E-state index contributed by atoms with van der Waals surface area (Å²) in [5.41, 5.74) is 0. The Morgan fingerprint density at radius 3 is 2.75 bits per heavy atom. The zero-order chi connectivity index (χ0) is 15.0. The summed E-state index contributed by atoms with van der Waals surface area (Å²) in [6, 6.07) is 3.17. The van der Waals surface area contributed by atoms with Crippen molar-refractivity contribution < 1.29 is 23.1 Å². The number of esters is 1. The van der Waals surface area contributed by atoms with Crippen LogP contribution >= 0.6 is 11.8 Å².